The van der Waals surface area contributed by atoms with Crippen molar-refractivity contribution in [1.29, 1.82) is 0 Å². The van der Waals surface area contributed by atoms with Crippen LogP contribution in [0.4, 0.5) is 0 Å². The van der Waals surface area contributed by atoms with Gasteiger partial charge in [0.25, 0.3) is 5.91 Å². The van der Waals surface area contributed by atoms with Crippen LogP contribution in [0.5, 0.6) is 11.5 Å². The van der Waals surface area contributed by atoms with Crippen molar-refractivity contribution in [3.63, 3.8) is 0 Å². The van der Waals surface area contributed by atoms with Gasteiger partial charge in [-0.2, -0.15) is 0 Å². The van der Waals surface area contributed by atoms with Gasteiger partial charge in [0.1, 0.15) is 18.1 Å². The number of carbonyl (C=O) groups excluding carboxylic acids is 1. The van der Waals surface area contributed by atoms with Gasteiger partial charge in [-0.3, -0.25) is 4.79 Å². The lowest BCUT2D eigenvalue weighted by molar-refractivity contribution is 0.0947. The Hall–Kier alpha value is -2.49. The highest BCUT2D eigenvalue weighted by Crippen LogP contribution is 2.16. The van der Waals surface area contributed by atoms with Crippen molar-refractivity contribution in [2.75, 3.05) is 20.3 Å². The minimum atomic E-state index is -0.0786. The molecule has 116 valence electrons. The van der Waals surface area contributed by atoms with E-state index in [-0.39, 0.29) is 5.91 Å². The molecule has 0 saturated carbocycles. The van der Waals surface area contributed by atoms with E-state index in [0.29, 0.717) is 18.7 Å². The zero-order valence-electron chi connectivity index (χ0n) is 13.2. The zero-order valence-corrected chi connectivity index (χ0v) is 13.2. The van der Waals surface area contributed by atoms with E-state index in [1.54, 1.807) is 7.11 Å². The number of carbonyl (C=O) groups is 1. The molecule has 0 aliphatic carbocycles. The van der Waals surface area contributed by atoms with Crippen LogP contribution in [0, 0.1) is 13.8 Å². The van der Waals surface area contributed by atoms with E-state index >= 15 is 0 Å². The topological polar surface area (TPSA) is 47.6 Å². The summed E-state index contributed by atoms with van der Waals surface area (Å²) in [5, 5.41) is 2.86. The zero-order chi connectivity index (χ0) is 15.9. The Balaban J connectivity index is 1.79. The van der Waals surface area contributed by atoms with Crippen LogP contribution in [0.2, 0.25) is 0 Å². The van der Waals surface area contributed by atoms with Crippen LogP contribution in [-0.4, -0.2) is 26.2 Å². The number of amides is 1. The standard InChI is InChI=1S/C18H21NO3/c1-13-10-14(2)12-15(11-13)18(20)19-8-9-22-17-6-4-16(21-3)5-7-17/h4-7,10-12H,8-9H2,1-3H3,(H,19,20). The molecule has 0 aromatic heterocycles. The summed E-state index contributed by atoms with van der Waals surface area (Å²) in [5.74, 6) is 1.46. The smallest absolute Gasteiger partial charge is 0.251 e. The fraction of sp³-hybridized carbons (Fsp3) is 0.278. The van der Waals surface area contributed by atoms with Gasteiger partial charge in [0.05, 0.1) is 13.7 Å². The van der Waals surface area contributed by atoms with Gasteiger partial charge in [0, 0.05) is 5.56 Å². The summed E-state index contributed by atoms with van der Waals surface area (Å²) >= 11 is 0. The van der Waals surface area contributed by atoms with Gasteiger partial charge in [-0.25, -0.2) is 0 Å². The summed E-state index contributed by atoms with van der Waals surface area (Å²) in [4.78, 5) is 12.1. The van der Waals surface area contributed by atoms with E-state index in [0.717, 1.165) is 22.6 Å². The van der Waals surface area contributed by atoms with Crippen molar-refractivity contribution in [1.82, 2.24) is 5.32 Å². The third kappa shape index (κ3) is 4.52. The molecule has 2 aromatic rings. The lowest BCUT2D eigenvalue weighted by Gasteiger charge is -2.09. The highest BCUT2D eigenvalue weighted by Gasteiger charge is 2.06. The van der Waals surface area contributed by atoms with E-state index in [9.17, 15) is 4.79 Å². The Morgan fingerprint density at radius 2 is 1.59 bits per heavy atom. The number of methoxy groups -OCH3 is 1. The van der Waals surface area contributed by atoms with Crippen LogP contribution >= 0.6 is 0 Å². The maximum atomic E-state index is 12.1. The average Bonchev–Trinajstić information content (AvgIpc) is 2.51. The van der Waals surface area contributed by atoms with Gasteiger partial charge in [-0.05, 0) is 50.2 Å². The van der Waals surface area contributed by atoms with Crippen molar-refractivity contribution < 1.29 is 14.3 Å². The van der Waals surface area contributed by atoms with Crippen molar-refractivity contribution in [2.24, 2.45) is 0 Å². The van der Waals surface area contributed by atoms with E-state index in [4.69, 9.17) is 9.47 Å². The molecular weight excluding hydrogens is 278 g/mol. The minimum absolute atomic E-state index is 0.0786. The Morgan fingerprint density at radius 3 is 2.18 bits per heavy atom. The van der Waals surface area contributed by atoms with E-state index in [1.807, 2.05) is 56.3 Å². The van der Waals surface area contributed by atoms with Crippen LogP contribution in [0.15, 0.2) is 42.5 Å². The predicted molar refractivity (Wildman–Crippen MR) is 86.7 cm³/mol. The lowest BCUT2D eigenvalue weighted by Crippen LogP contribution is -2.28. The second-order valence-electron chi connectivity index (χ2n) is 5.16. The molecule has 0 bridgehead atoms. The molecule has 2 rings (SSSR count). The first-order chi connectivity index (χ1) is 10.6. The van der Waals surface area contributed by atoms with Gasteiger partial charge in [0.15, 0.2) is 0 Å². The van der Waals surface area contributed by atoms with Gasteiger partial charge in [0.2, 0.25) is 0 Å². The van der Waals surface area contributed by atoms with Crippen LogP contribution in [0.25, 0.3) is 0 Å². The first-order valence-electron chi connectivity index (χ1n) is 7.22. The molecule has 2 aromatic carbocycles. The molecule has 0 radical (unpaired) electrons. The highest BCUT2D eigenvalue weighted by atomic mass is 16.5. The third-order valence-electron chi connectivity index (χ3n) is 3.20. The number of aryl methyl sites for hydroxylation is 2. The van der Waals surface area contributed by atoms with Gasteiger partial charge in [-0.15, -0.1) is 0 Å². The minimum Gasteiger partial charge on any atom is -0.497 e. The first-order valence-corrected chi connectivity index (χ1v) is 7.22. The molecule has 0 unspecified atom stereocenters. The van der Waals surface area contributed by atoms with Crippen molar-refractivity contribution >= 4 is 5.91 Å². The summed E-state index contributed by atoms with van der Waals surface area (Å²) in [6.45, 7) is 4.84. The van der Waals surface area contributed by atoms with Crippen molar-refractivity contribution in [2.45, 2.75) is 13.8 Å². The van der Waals surface area contributed by atoms with E-state index in [2.05, 4.69) is 5.32 Å². The summed E-state index contributed by atoms with van der Waals surface area (Å²) in [6, 6.07) is 13.2. The van der Waals surface area contributed by atoms with Crippen LogP contribution in [0.1, 0.15) is 21.5 Å². The van der Waals surface area contributed by atoms with E-state index < -0.39 is 0 Å². The molecule has 0 aliphatic rings. The Kier molecular flexibility index (Phi) is 5.42. The molecule has 0 heterocycles. The predicted octanol–water partition coefficient (Wildman–Crippen LogP) is 3.12. The second-order valence-corrected chi connectivity index (χ2v) is 5.16. The fourth-order valence-electron chi connectivity index (χ4n) is 2.21. The lowest BCUT2D eigenvalue weighted by atomic mass is 10.1. The third-order valence-corrected chi connectivity index (χ3v) is 3.20. The fourth-order valence-corrected chi connectivity index (χ4v) is 2.21. The van der Waals surface area contributed by atoms with Crippen LogP contribution in [-0.2, 0) is 0 Å². The first kappa shape index (κ1) is 15.9. The number of hydrogen-bond acceptors (Lipinski definition) is 3. The van der Waals surface area contributed by atoms with Crippen LogP contribution in [0.3, 0.4) is 0 Å². The molecule has 0 aliphatic heterocycles. The van der Waals surface area contributed by atoms with Gasteiger partial charge < -0.3 is 14.8 Å². The summed E-state index contributed by atoms with van der Waals surface area (Å²) < 4.78 is 10.7. The molecule has 0 spiro atoms. The van der Waals surface area contributed by atoms with Crippen molar-refractivity contribution in [3.8, 4) is 11.5 Å². The molecular formula is C18H21NO3. The monoisotopic (exact) mass is 299 g/mol. The van der Waals surface area contributed by atoms with Crippen molar-refractivity contribution in [3.05, 3.63) is 59.2 Å². The second kappa shape index (κ2) is 7.50. The Bertz CT molecular complexity index is 615. The van der Waals surface area contributed by atoms with Gasteiger partial charge >= 0.3 is 0 Å². The molecule has 0 fully saturated rings. The molecule has 1 amide bonds. The van der Waals surface area contributed by atoms with Crippen LogP contribution < -0.4 is 14.8 Å². The Morgan fingerprint density at radius 1 is 1.00 bits per heavy atom. The normalized spacial score (nSPS) is 10.1. The summed E-state index contributed by atoms with van der Waals surface area (Å²) in [7, 11) is 1.62. The molecule has 4 heteroatoms. The van der Waals surface area contributed by atoms with Gasteiger partial charge in [-0.1, -0.05) is 17.2 Å². The number of nitrogens with one attached hydrogen (secondary N) is 1. The summed E-state index contributed by atoms with van der Waals surface area (Å²) in [6.07, 6.45) is 0. The molecule has 4 nitrogen and oxygen atoms in total. The number of benzene rings is 2. The molecule has 22 heavy (non-hydrogen) atoms. The SMILES string of the molecule is COc1ccc(OCCNC(=O)c2cc(C)cc(C)c2)cc1. The Labute approximate surface area is 131 Å². The maximum Gasteiger partial charge on any atom is 0.251 e. The number of ether oxygens (including phenoxy) is 2. The largest absolute Gasteiger partial charge is 0.497 e. The molecule has 0 atom stereocenters. The molecule has 0 saturated heterocycles. The summed E-state index contributed by atoms with van der Waals surface area (Å²) in [5.41, 5.74) is 2.85. The number of rotatable bonds is 6. The number of hydrogen-bond donors (Lipinski definition) is 1. The maximum absolute atomic E-state index is 12.1. The highest BCUT2D eigenvalue weighted by molar-refractivity contribution is 5.94. The average molecular weight is 299 g/mol. The van der Waals surface area contributed by atoms with E-state index in [1.165, 1.54) is 0 Å². The molecule has 1 N–H and O–H groups in total. The quantitative estimate of drug-likeness (QED) is 0.834.